The van der Waals surface area contributed by atoms with Crippen LogP contribution < -0.4 is 0 Å². The number of rotatable bonds is 7. The molecule has 2 heterocycles. The highest BCUT2D eigenvalue weighted by molar-refractivity contribution is 5.79. The van der Waals surface area contributed by atoms with Gasteiger partial charge in [0.2, 0.25) is 5.91 Å². The molecule has 2 unspecified atom stereocenters. The van der Waals surface area contributed by atoms with Gasteiger partial charge in [0.25, 0.3) is 0 Å². The molecular weight excluding hydrogens is 360 g/mol. The van der Waals surface area contributed by atoms with E-state index in [0.717, 1.165) is 51.1 Å². The lowest BCUT2D eigenvalue weighted by atomic mass is 9.76. The summed E-state index contributed by atoms with van der Waals surface area (Å²) >= 11 is 0. The minimum atomic E-state index is 0.146. The first-order valence-corrected chi connectivity index (χ1v) is 10.8. The molecule has 2 aromatic carbocycles. The summed E-state index contributed by atoms with van der Waals surface area (Å²) in [4.78, 5) is 17.5. The highest BCUT2D eigenvalue weighted by Crippen LogP contribution is 2.45. The monoisotopic (exact) mass is 392 g/mol. The number of aliphatic hydroxyl groups is 1. The van der Waals surface area contributed by atoms with Crippen molar-refractivity contribution in [3.8, 4) is 0 Å². The molecule has 2 atom stereocenters. The Morgan fingerprint density at radius 1 is 1.07 bits per heavy atom. The molecule has 4 nitrogen and oxygen atoms in total. The topological polar surface area (TPSA) is 43.8 Å². The molecule has 4 rings (SSSR count). The number of amides is 1. The van der Waals surface area contributed by atoms with Crippen molar-refractivity contribution in [2.24, 2.45) is 11.3 Å². The summed E-state index contributed by atoms with van der Waals surface area (Å²) in [6.45, 7) is 6.68. The van der Waals surface area contributed by atoms with Crippen molar-refractivity contribution >= 4 is 5.91 Å². The van der Waals surface area contributed by atoms with Crippen molar-refractivity contribution < 1.29 is 9.90 Å². The lowest BCUT2D eigenvalue weighted by Gasteiger charge is -2.29. The zero-order valence-electron chi connectivity index (χ0n) is 17.4. The Morgan fingerprint density at radius 3 is 2.62 bits per heavy atom. The quantitative estimate of drug-likeness (QED) is 0.788. The van der Waals surface area contributed by atoms with E-state index in [4.69, 9.17) is 0 Å². The molecule has 2 aliphatic heterocycles. The largest absolute Gasteiger partial charge is 0.395 e. The van der Waals surface area contributed by atoms with Gasteiger partial charge in [-0.2, -0.15) is 0 Å². The maximum Gasteiger partial charge on any atom is 0.227 e. The highest BCUT2D eigenvalue weighted by atomic mass is 16.3. The van der Waals surface area contributed by atoms with Crippen molar-refractivity contribution in [2.45, 2.75) is 26.2 Å². The van der Waals surface area contributed by atoms with Gasteiger partial charge in [0, 0.05) is 38.1 Å². The van der Waals surface area contributed by atoms with Gasteiger partial charge in [-0.3, -0.25) is 4.79 Å². The van der Waals surface area contributed by atoms with Gasteiger partial charge in [-0.15, -0.1) is 0 Å². The Labute approximate surface area is 174 Å². The van der Waals surface area contributed by atoms with Crippen molar-refractivity contribution in [3.63, 3.8) is 0 Å². The second-order valence-electron chi connectivity index (χ2n) is 8.94. The first-order valence-electron chi connectivity index (χ1n) is 10.8. The maximum atomic E-state index is 13.1. The fourth-order valence-corrected chi connectivity index (χ4v) is 5.30. The minimum absolute atomic E-state index is 0.146. The molecule has 2 aliphatic rings. The standard InChI is InChI=1S/C25H32N2O2/c1-20-6-5-9-22(14-20)15-24(29)27-17-23-16-26(12-13-28)18-25(23,19-27)11-10-21-7-3-2-4-8-21/h2-9,14,23,28H,10-13,15-19H2,1H3. The number of aryl methyl sites for hydroxylation is 2. The third kappa shape index (κ3) is 4.54. The van der Waals surface area contributed by atoms with Crippen LogP contribution in [0, 0.1) is 18.3 Å². The summed E-state index contributed by atoms with van der Waals surface area (Å²) in [6.07, 6.45) is 2.63. The number of carbonyl (C=O) groups is 1. The van der Waals surface area contributed by atoms with Crippen LogP contribution in [-0.4, -0.2) is 60.1 Å². The molecule has 0 aromatic heterocycles. The Balaban J connectivity index is 1.45. The van der Waals surface area contributed by atoms with Crippen LogP contribution in [0.5, 0.6) is 0 Å². The number of hydrogen-bond donors (Lipinski definition) is 1. The molecule has 0 radical (unpaired) electrons. The average molecular weight is 393 g/mol. The molecule has 1 N–H and O–H groups in total. The summed E-state index contributed by atoms with van der Waals surface area (Å²) in [5, 5.41) is 9.40. The molecule has 2 fully saturated rings. The number of likely N-dealkylation sites (tertiary alicyclic amines) is 2. The smallest absolute Gasteiger partial charge is 0.227 e. The highest BCUT2D eigenvalue weighted by Gasteiger charge is 2.52. The number of fused-ring (bicyclic) bond motifs is 1. The van der Waals surface area contributed by atoms with E-state index >= 15 is 0 Å². The van der Waals surface area contributed by atoms with Gasteiger partial charge in [-0.05, 0) is 36.8 Å². The molecule has 0 bridgehead atoms. The third-order valence-electron chi connectivity index (χ3n) is 6.79. The van der Waals surface area contributed by atoms with Gasteiger partial charge in [0.15, 0.2) is 0 Å². The van der Waals surface area contributed by atoms with Crippen LogP contribution in [0.4, 0.5) is 0 Å². The summed E-state index contributed by atoms with van der Waals surface area (Å²) in [6, 6.07) is 18.9. The lowest BCUT2D eigenvalue weighted by molar-refractivity contribution is -0.130. The van der Waals surface area contributed by atoms with Crippen LogP contribution in [0.2, 0.25) is 0 Å². The molecular formula is C25H32N2O2. The molecule has 29 heavy (non-hydrogen) atoms. The normalized spacial score (nSPS) is 24.1. The summed E-state index contributed by atoms with van der Waals surface area (Å²) in [5.41, 5.74) is 3.82. The predicted octanol–water partition coefficient (Wildman–Crippen LogP) is 2.92. The van der Waals surface area contributed by atoms with Crippen molar-refractivity contribution in [3.05, 3.63) is 71.3 Å². The van der Waals surface area contributed by atoms with Crippen LogP contribution in [0.1, 0.15) is 23.1 Å². The molecule has 2 saturated heterocycles. The van der Waals surface area contributed by atoms with E-state index < -0.39 is 0 Å². The number of benzene rings is 2. The number of aliphatic hydroxyl groups excluding tert-OH is 1. The average Bonchev–Trinajstić information content (AvgIpc) is 3.21. The molecule has 0 aliphatic carbocycles. The molecule has 0 saturated carbocycles. The minimum Gasteiger partial charge on any atom is -0.395 e. The number of carbonyl (C=O) groups excluding carboxylic acids is 1. The second-order valence-corrected chi connectivity index (χ2v) is 8.94. The molecule has 2 aromatic rings. The van der Waals surface area contributed by atoms with Crippen molar-refractivity contribution in [1.29, 1.82) is 0 Å². The Hall–Kier alpha value is -2.17. The molecule has 4 heteroatoms. The summed E-state index contributed by atoms with van der Waals surface area (Å²) < 4.78 is 0. The van der Waals surface area contributed by atoms with Crippen LogP contribution in [0.3, 0.4) is 0 Å². The SMILES string of the molecule is Cc1cccc(CC(=O)N2CC3CN(CCO)CC3(CCc3ccccc3)C2)c1. The van der Waals surface area contributed by atoms with E-state index in [9.17, 15) is 9.90 Å². The summed E-state index contributed by atoms with van der Waals surface area (Å²) in [5.74, 6) is 0.747. The van der Waals surface area contributed by atoms with Gasteiger partial charge in [0.05, 0.1) is 13.0 Å². The lowest BCUT2D eigenvalue weighted by Crippen LogP contribution is -2.38. The van der Waals surface area contributed by atoms with Crippen LogP contribution in [-0.2, 0) is 17.6 Å². The van der Waals surface area contributed by atoms with E-state index in [1.165, 1.54) is 11.1 Å². The first-order chi connectivity index (χ1) is 14.1. The number of nitrogens with zero attached hydrogens (tertiary/aromatic N) is 2. The number of hydrogen-bond acceptors (Lipinski definition) is 3. The third-order valence-corrected chi connectivity index (χ3v) is 6.79. The van der Waals surface area contributed by atoms with Gasteiger partial charge in [-0.25, -0.2) is 0 Å². The van der Waals surface area contributed by atoms with Gasteiger partial charge >= 0.3 is 0 Å². The van der Waals surface area contributed by atoms with Crippen molar-refractivity contribution in [2.75, 3.05) is 39.3 Å². The van der Waals surface area contributed by atoms with Crippen LogP contribution in [0.15, 0.2) is 54.6 Å². The zero-order chi connectivity index (χ0) is 20.3. The maximum absolute atomic E-state index is 13.1. The van der Waals surface area contributed by atoms with Crippen molar-refractivity contribution in [1.82, 2.24) is 9.80 Å². The van der Waals surface area contributed by atoms with E-state index in [0.29, 0.717) is 12.3 Å². The molecule has 1 amide bonds. The van der Waals surface area contributed by atoms with E-state index in [1.807, 2.05) is 6.07 Å². The zero-order valence-corrected chi connectivity index (χ0v) is 17.4. The van der Waals surface area contributed by atoms with Crippen LogP contribution >= 0.6 is 0 Å². The van der Waals surface area contributed by atoms with Gasteiger partial charge in [-0.1, -0.05) is 60.2 Å². The molecule has 0 spiro atoms. The Bertz CT molecular complexity index is 838. The fraction of sp³-hybridized carbons (Fsp3) is 0.480. The fourth-order valence-electron chi connectivity index (χ4n) is 5.30. The summed E-state index contributed by atoms with van der Waals surface area (Å²) in [7, 11) is 0. The van der Waals surface area contributed by atoms with Gasteiger partial charge < -0.3 is 14.9 Å². The number of β-amino-alcohol motifs (C(OH)–C–C–N with tert-alkyl or cyclic N) is 1. The second kappa shape index (κ2) is 8.68. The Morgan fingerprint density at radius 2 is 1.86 bits per heavy atom. The van der Waals surface area contributed by atoms with E-state index in [1.54, 1.807) is 0 Å². The predicted molar refractivity (Wildman–Crippen MR) is 116 cm³/mol. The van der Waals surface area contributed by atoms with E-state index in [2.05, 4.69) is 65.3 Å². The molecule has 154 valence electrons. The van der Waals surface area contributed by atoms with E-state index in [-0.39, 0.29) is 17.9 Å². The van der Waals surface area contributed by atoms with Gasteiger partial charge in [0.1, 0.15) is 0 Å². The Kier molecular flexibility index (Phi) is 6.02. The van der Waals surface area contributed by atoms with Crippen LogP contribution in [0.25, 0.3) is 0 Å². The first kappa shape index (κ1) is 20.1.